The number of carbonyl (C=O) groups excluding carboxylic acids is 3. The smallest absolute Gasteiger partial charge is 0.326 e. The molecule has 1 aromatic carbocycles. The normalized spacial score (nSPS) is 25.6. The van der Waals surface area contributed by atoms with Gasteiger partial charge in [0.15, 0.2) is 0 Å². The lowest BCUT2D eigenvalue weighted by Gasteiger charge is -2.36. The van der Waals surface area contributed by atoms with Crippen LogP contribution >= 0.6 is 15.9 Å². The summed E-state index contributed by atoms with van der Waals surface area (Å²) in [6.07, 6.45) is 2.88. The molecule has 0 N–H and O–H groups in total. The maximum atomic E-state index is 12.5. The van der Waals surface area contributed by atoms with Gasteiger partial charge in [-0.1, -0.05) is 43.1 Å². The van der Waals surface area contributed by atoms with Crippen LogP contribution in [0.5, 0.6) is 0 Å². The summed E-state index contributed by atoms with van der Waals surface area (Å²) in [5.41, 5.74) is 0.654. The SMILES string of the molecule is CC(C)[C@@H]1CC[C@@H](C)C[C@H]1OC(=O)CN1C(=O)c2ccc(Br)cc2C1=O. The van der Waals surface area contributed by atoms with E-state index in [1.807, 2.05) is 0 Å². The topological polar surface area (TPSA) is 63.7 Å². The van der Waals surface area contributed by atoms with Crippen molar-refractivity contribution in [3.05, 3.63) is 33.8 Å². The second-order valence-electron chi connectivity index (χ2n) is 7.74. The van der Waals surface area contributed by atoms with Gasteiger partial charge in [-0.3, -0.25) is 19.3 Å². The molecule has 0 radical (unpaired) electrons. The molecule has 0 unspecified atom stereocenters. The van der Waals surface area contributed by atoms with Crippen molar-refractivity contribution in [2.45, 2.75) is 46.1 Å². The molecule has 5 nitrogen and oxygen atoms in total. The number of benzene rings is 1. The quantitative estimate of drug-likeness (QED) is 0.543. The molecule has 0 bridgehead atoms. The van der Waals surface area contributed by atoms with Crippen LogP contribution in [-0.2, 0) is 9.53 Å². The Labute approximate surface area is 162 Å². The number of hydrogen-bond donors (Lipinski definition) is 0. The highest BCUT2D eigenvalue weighted by Crippen LogP contribution is 2.35. The number of esters is 1. The van der Waals surface area contributed by atoms with Crippen molar-refractivity contribution in [3.8, 4) is 0 Å². The van der Waals surface area contributed by atoms with Crippen molar-refractivity contribution < 1.29 is 19.1 Å². The highest BCUT2D eigenvalue weighted by Gasteiger charge is 2.39. The van der Waals surface area contributed by atoms with Gasteiger partial charge in [-0.25, -0.2) is 0 Å². The maximum absolute atomic E-state index is 12.5. The number of fused-ring (bicyclic) bond motifs is 1. The van der Waals surface area contributed by atoms with Crippen LogP contribution in [0.25, 0.3) is 0 Å². The Morgan fingerprint density at radius 2 is 1.92 bits per heavy atom. The molecule has 0 spiro atoms. The van der Waals surface area contributed by atoms with E-state index >= 15 is 0 Å². The van der Waals surface area contributed by atoms with Crippen LogP contribution in [0.3, 0.4) is 0 Å². The van der Waals surface area contributed by atoms with Crippen molar-refractivity contribution in [3.63, 3.8) is 0 Å². The van der Waals surface area contributed by atoms with Crippen LogP contribution in [0, 0.1) is 17.8 Å². The lowest BCUT2D eigenvalue weighted by atomic mass is 9.75. The molecular formula is C20H24BrNO4. The summed E-state index contributed by atoms with van der Waals surface area (Å²) in [6, 6.07) is 4.92. The van der Waals surface area contributed by atoms with Gasteiger partial charge in [-0.15, -0.1) is 0 Å². The first-order chi connectivity index (χ1) is 12.3. The molecule has 6 heteroatoms. The summed E-state index contributed by atoms with van der Waals surface area (Å²) in [7, 11) is 0. The molecule has 1 aliphatic heterocycles. The molecule has 140 valence electrons. The van der Waals surface area contributed by atoms with E-state index in [0.717, 1.165) is 28.6 Å². The number of ether oxygens (including phenoxy) is 1. The Hall–Kier alpha value is -1.69. The molecule has 1 aromatic rings. The molecule has 2 aliphatic rings. The third-order valence-corrected chi connectivity index (χ3v) is 5.96. The summed E-state index contributed by atoms with van der Waals surface area (Å²) >= 11 is 3.30. The van der Waals surface area contributed by atoms with Crippen LogP contribution in [0.4, 0.5) is 0 Å². The van der Waals surface area contributed by atoms with Gasteiger partial charge in [0.25, 0.3) is 11.8 Å². The number of amides is 2. The lowest BCUT2D eigenvalue weighted by molar-refractivity contribution is -0.156. The standard InChI is InChI=1S/C20H24BrNO4/c1-11(2)14-6-4-12(3)8-17(14)26-18(23)10-22-19(24)15-7-5-13(21)9-16(15)20(22)25/h5,7,9,11-12,14,17H,4,6,8,10H2,1-3H3/t12-,14+,17-/m1/s1. The van der Waals surface area contributed by atoms with Gasteiger partial charge < -0.3 is 4.74 Å². The molecule has 26 heavy (non-hydrogen) atoms. The summed E-state index contributed by atoms with van der Waals surface area (Å²) < 4.78 is 6.44. The Morgan fingerprint density at radius 1 is 1.23 bits per heavy atom. The number of carbonyl (C=O) groups is 3. The predicted octanol–water partition coefficient (Wildman–Crippen LogP) is 4.05. The maximum Gasteiger partial charge on any atom is 0.326 e. The highest BCUT2D eigenvalue weighted by molar-refractivity contribution is 9.10. The van der Waals surface area contributed by atoms with E-state index in [0.29, 0.717) is 28.9 Å². The minimum Gasteiger partial charge on any atom is -0.461 e. The van der Waals surface area contributed by atoms with Crippen LogP contribution in [0.2, 0.25) is 0 Å². The average Bonchev–Trinajstić information content (AvgIpc) is 2.79. The zero-order valence-electron chi connectivity index (χ0n) is 15.3. The van der Waals surface area contributed by atoms with Crippen molar-refractivity contribution in [1.82, 2.24) is 4.90 Å². The van der Waals surface area contributed by atoms with Gasteiger partial charge in [0.05, 0.1) is 11.1 Å². The first kappa shape index (κ1) is 19.1. The molecule has 0 saturated heterocycles. The van der Waals surface area contributed by atoms with E-state index in [2.05, 4.69) is 36.7 Å². The molecule has 1 fully saturated rings. The van der Waals surface area contributed by atoms with Crippen LogP contribution in [0.15, 0.2) is 22.7 Å². The third kappa shape index (κ3) is 3.70. The van der Waals surface area contributed by atoms with Crippen molar-refractivity contribution >= 4 is 33.7 Å². The fourth-order valence-corrected chi connectivity index (χ4v) is 4.35. The number of hydrogen-bond acceptors (Lipinski definition) is 4. The summed E-state index contributed by atoms with van der Waals surface area (Å²) in [6.45, 7) is 6.12. The molecule has 0 aromatic heterocycles. The van der Waals surface area contributed by atoms with E-state index in [1.54, 1.807) is 18.2 Å². The largest absolute Gasteiger partial charge is 0.461 e. The fraction of sp³-hybridized carbons (Fsp3) is 0.550. The predicted molar refractivity (Wildman–Crippen MR) is 101 cm³/mol. The van der Waals surface area contributed by atoms with E-state index < -0.39 is 17.8 Å². The molecule has 1 aliphatic carbocycles. The first-order valence-corrected chi connectivity index (χ1v) is 9.92. The van der Waals surface area contributed by atoms with Crippen LogP contribution in [-0.4, -0.2) is 35.3 Å². The molecule has 3 rings (SSSR count). The Bertz CT molecular complexity index is 745. The number of imide groups is 1. The number of nitrogens with zero attached hydrogens (tertiary/aromatic N) is 1. The van der Waals surface area contributed by atoms with Crippen molar-refractivity contribution in [2.24, 2.45) is 17.8 Å². The van der Waals surface area contributed by atoms with E-state index in [-0.39, 0.29) is 12.6 Å². The van der Waals surface area contributed by atoms with E-state index in [9.17, 15) is 14.4 Å². The fourth-order valence-electron chi connectivity index (χ4n) is 3.99. The van der Waals surface area contributed by atoms with E-state index in [1.165, 1.54) is 0 Å². The molecule has 2 amide bonds. The second-order valence-corrected chi connectivity index (χ2v) is 8.66. The van der Waals surface area contributed by atoms with Crippen molar-refractivity contribution in [1.29, 1.82) is 0 Å². The summed E-state index contributed by atoms with van der Waals surface area (Å²) in [5.74, 6) is -0.124. The minimum atomic E-state index is -0.511. The highest BCUT2D eigenvalue weighted by atomic mass is 79.9. The minimum absolute atomic E-state index is 0.143. The third-order valence-electron chi connectivity index (χ3n) is 5.46. The van der Waals surface area contributed by atoms with Gasteiger partial charge >= 0.3 is 5.97 Å². The zero-order valence-corrected chi connectivity index (χ0v) is 16.9. The molecule has 1 heterocycles. The first-order valence-electron chi connectivity index (χ1n) is 9.13. The van der Waals surface area contributed by atoms with Crippen molar-refractivity contribution in [2.75, 3.05) is 6.54 Å². The zero-order chi connectivity index (χ0) is 19.0. The molecule has 1 saturated carbocycles. The molecule has 3 atom stereocenters. The Balaban J connectivity index is 1.68. The number of halogens is 1. The molecular weight excluding hydrogens is 398 g/mol. The Morgan fingerprint density at radius 3 is 2.62 bits per heavy atom. The van der Waals surface area contributed by atoms with Gasteiger partial charge in [0, 0.05) is 4.47 Å². The lowest BCUT2D eigenvalue weighted by Crippen LogP contribution is -2.40. The van der Waals surface area contributed by atoms with Crippen LogP contribution < -0.4 is 0 Å². The van der Waals surface area contributed by atoms with Gasteiger partial charge in [0.1, 0.15) is 12.6 Å². The summed E-state index contributed by atoms with van der Waals surface area (Å²) in [4.78, 5) is 38.4. The van der Waals surface area contributed by atoms with Gasteiger partial charge in [0.2, 0.25) is 0 Å². The number of rotatable bonds is 4. The van der Waals surface area contributed by atoms with Crippen LogP contribution in [0.1, 0.15) is 60.7 Å². The van der Waals surface area contributed by atoms with Gasteiger partial charge in [-0.2, -0.15) is 0 Å². The Kier molecular flexibility index (Phi) is 5.51. The van der Waals surface area contributed by atoms with E-state index in [4.69, 9.17) is 4.74 Å². The average molecular weight is 422 g/mol. The van der Waals surface area contributed by atoms with Gasteiger partial charge in [-0.05, 0) is 48.8 Å². The summed E-state index contributed by atoms with van der Waals surface area (Å²) in [5, 5.41) is 0. The monoisotopic (exact) mass is 421 g/mol. The second kappa shape index (κ2) is 7.51.